The molecule has 26 heavy (non-hydrogen) atoms. The van der Waals surface area contributed by atoms with Gasteiger partial charge in [-0.3, -0.25) is 9.59 Å². The fourth-order valence-electron chi connectivity index (χ4n) is 3.37. The first-order chi connectivity index (χ1) is 12.5. The number of halogens is 1. The summed E-state index contributed by atoms with van der Waals surface area (Å²) >= 11 is 0. The zero-order valence-corrected chi connectivity index (χ0v) is 14.8. The number of aryl methyl sites for hydroxylation is 1. The molecule has 0 atom stereocenters. The molecule has 2 amide bonds. The molecule has 2 aromatic rings. The van der Waals surface area contributed by atoms with Gasteiger partial charge in [0.1, 0.15) is 11.6 Å². The Bertz CT molecular complexity index is 794. The van der Waals surface area contributed by atoms with E-state index in [4.69, 9.17) is 4.42 Å². The van der Waals surface area contributed by atoms with Gasteiger partial charge < -0.3 is 15.1 Å². The Balaban J connectivity index is 1.60. The number of hydrogen-bond donors (Lipinski definition) is 2. The fourth-order valence-corrected chi connectivity index (χ4v) is 3.37. The lowest BCUT2D eigenvalue weighted by Gasteiger charge is -2.11. The molecule has 1 aromatic carbocycles. The number of benzene rings is 1. The molecule has 3 rings (SSSR count). The van der Waals surface area contributed by atoms with Gasteiger partial charge in [-0.1, -0.05) is 25.7 Å². The lowest BCUT2D eigenvalue weighted by molar-refractivity contribution is -0.116. The number of amides is 2. The molecule has 0 spiro atoms. The third-order valence-corrected chi connectivity index (χ3v) is 4.86. The SMILES string of the molecule is Cc1occc1C(=O)Nc1cc(NC(=O)CCC2CCCC2)ccc1F. The van der Waals surface area contributed by atoms with E-state index in [1.165, 1.54) is 56.2 Å². The van der Waals surface area contributed by atoms with Crippen LogP contribution in [0.3, 0.4) is 0 Å². The van der Waals surface area contributed by atoms with Crippen molar-refractivity contribution in [2.75, 3.05) is 10.6 Å². The molecular formula is C20H23FN2O3. The minimum absolute atomic E-state index is 0.0178. The van der Waals surface area contributed by atoms with Crippen LogP contribution in [0.15, 0.2) is 34.9 Å². The molecule has 0 radical (unpaired) electrons. The molecule has 1 aliphatic rings. The van der Waals surface area contributed by atoms with Gasteiger partial charge in [0.2, 0.25) is 5.91 Å². The van der Waals surface area contributed by atoms with Crippen molar-refractivity contribution >= 4 is 23.2 Å². The average Bonchev–Trinajstić information content (AvgIpc) is 3.27. The van der Waals surface area contributed by atoms with Gasteiger partial charge >= 0.3 is 0 Å². The summed E-state index contributed by atoms with van der Waals surface area (Å²) in [6.07, 6.45) is 7.66. The number of hydrogen-bond acceptors (Lipinski definition) is 3. The van der Waals surface area contributed by atoms with Crippen molar-refractivity contribution in [2.24, 2.45) is 5.92 Å². The molecule has 0 bridgehead atoms. The van der Waals surface area contributed by atoms with Gasteiger partial charge in [0, 0.05) is 12.1 Å². The van der Waals surface area contributed by atoms with Crippen LogP contribution in [0.25, 0.3) is 0 Å². The lowest BCUT2D eigenvalue weighted by Crippen LogP contribution is -2.15. The molecule has 1 heterocycles. The smallest absolute Gasteiger partial charge is 0.259 e. The molecule has 0 unspecified atom stereocenters. The number of nitrogens with one attached hydrogen (secondary N) is 2. The summed E-state index contributed by atoms with van der Waals surface area (Å²) in [5.74, 6) is -0.0175. The van der Waals surface area contributed by atoms with Crippen molar-refractivity contribution in [3.05, 3.63) is 47.7 Å². The quantitative estimate of drug-likeness (QED) is 0.772. The van der Waals surface area contributed by atoms with E-state index in [0.717, 1.165) is 6.42 Å². The van der Waals surface area contributed by atoms with E-state index in [9.17, 15) is 14.0 Å². The Hall–Kier alpha value is -2.63. The summed E-state index contributed by atoms with van der Waals surface area (Å²) in [6, 6.07) is 5.67. The van der Waals surface area contributed by atoms with E-state index in [1.54, 1.807) is 6.92 Å². The molecular weight excluding hydrogens is 335 g/mol. The van der Waals surface area contributed by atoms with Crippen LogP contribution in [-0.2, 0) is 4.79 Å². The predicted molar refractivity (Wildman–Crippen MR) is 97.6 cm³/mol. The predicted octanol–water partition coefficient (Wildman–Crippen LogP) is 4.89. The summed E-state index contributed by atoms with van der Waals surface area (Å²) < 4.78 is 19.1. The van der Waals surface area contributed by atoms with Gasteiger partial charge in [-0.25, -0.2) is 4.39 Å². The maximum absolute atomic E-state index is 14.0. The van der Waals surface area contributed by atoms with Crippen molar-refractivity contribution in [1.82, 2.24) is 0 Å². The summed E-state index contributed by atoms with van der Waals surface area (Å²) in [5, 5.41) is 5.30. The molecule has 0 saturated heterocycles. The lowest BCUT2D eigenvalue weighted by atomic mass is 10.0. The van der Waals surface area contributed by atoms with Crippen LogP contribution >= 0.6 is 0 Å². The topological polar surface area (TPSA) is 71.3 Å². The van der Waals surface area contributed by atoms with Gasteiger partial charge in [0.25, 0.3) is 5.91 Å². The van der Waals surface area contributed by atoms with E-state index >= 15 is 0 Å². The molecule has 2 N–H and O–H groups in total. The third kappa shape index (κ3) is 4.50. The second-order valence-electron chi connectivity index (χ2n) is 6.78. The van der Waals surface area contributed by atoms with Gasteiger partial charge in [0.15, 0.2) is 0 Å². The summed E-state index contributed by atoms with van der Waals surface area (Å²) in [7, 11) is 0. The van der Waals surface area contributed by atoms with Crippen LogP contribution in [0.5, 0.6) is 0 Å². The number of carbonyl (C=O) groups is 2. The van der Waals surface area contributed by atoms with Gasteiger partial charge in [0.05, 0.1) is 17.5 Å². The zero-order chi connectivity index (χ0) is 18.5. The molecule has 6 heteroatoms. The summed E-state index contributed by atoms with van der Waals surface area (Å²) in [5.41, 5.74) is 0.821. The molecule has 0 aliphatic heterocycles. The Kier molecular flexibility index (Phi) is 5.71. The van der Waals surface area contributed by atoms with E-state index in [1.807, 2.05) is 0 Å². The largest absolute Gasteiger partial charge is 0.469 e. The maximum Gasteiger partial charge on any atom is 0.259 e. The van der Waals surface area contributed by atoms with Gasteiger partial charge in [-0.2, -0.15) is 0 Å². The van der Waals surface area contributed by atoms with E-state index in [2.05, 4.69) is 10.6 Å². The van der Waals surface area contributed by atoms with Crippen LogP contribution < -0.4 is 10.6 Å². The van der Waals surface area contributed by atoms with Crippen LogP contribution in [0.1, 0.15) is 54.6 Å². The molecule has 1 aliphatic carbocycles. The second-order valence-corrected chi connectivity index (χ2v) is 6.78. The minimum Gasteiger partial charge on any atom is -0.469 e. The van der Waals surface area contributed by atoms with Crippen molar-refractivity contribution in [1.29, 1.82) is 0 Å². The molecule has 5 nitrogen and oxygen atoms in total. The molecule has 1 fully saturated rings. The molecule has 138 valence electrons. The van der Waals surface area contributed by atoms with Crippen molar-refractivity contribution in [3.8, 4) is 0 Å². The van der Waals surface area contributed by atoms with Gasteiger partial charge in [-0.05, 0) is 43.5 Å². The highest BCUT2D eigenvalue weighted by Gasteiger charge is 2.17. The van der Waals surface area contributed by atoms with Crippen LogP contribution in [0.4, 0.5) is 15.8 Å². The van der Waals surface area contributed by atoms with E-state index < -0.39 is 11.7 Å². The number of furan rings is 1. The van der Waals surface area contributed by atoms with Crippen molar-refractivity contribution < 1.29 is 18.4 Å². The molecule has 1 saturated carbocycles. The first-order valence-corrected chi connectivity index (χ1v) is 8.98. The monoisotopic (exact) mass is 358 g/mol. The average molecular weight is 358 g/mol. The number of carbonyl (C=O) groups excluding carboxylic acids is 2. The normalized spacial score (nSPS) is 14.4. The maximum atomic E-state index is 14.0. The fraction of sp³-hybridized carbons (Fsp3) is 0.400. The van der Waals surface area contributed by atoms with Crippen LogP contribution in [-0.4, -0.2) is 11.8 Å². The number of rotatable bonds is 6. The van der Waals surface area contributed by atoms with E-state index in [0.29, 0.717) is 29.3 Å². The van der Waals surface area contributed by atoms with Gasteiger partial charge in [-0.15, -0.1) is 0 Å². The minimum atomic E-state index is -0.566. The van der Waals surface area contributed by atoms with Crippen LogP contribution in [0, 0.1) is 18.7 Å². The van der Waals surface area contributed by atoms with Crippen LogP contribution in [0.2, 0.25) is 0 Å². The van der Waals surface area contributed by atoms with Crippen molar-refractivity contribution in [3.63, 3.8) is 0 Å². The highest BCUT2D eigenvalue weighted by molar-refractivity contribution is 6.05. The highest BCUT2D eigenvalue weighted by atomic mass is 19.1. The first kappa shape index (κ1) is 18.2. The summed E-state index contributed by atoms with van der Waals surface area (Å²) in [4.78, 5) is 24.3. The Morgan fingerprint density at radius 1 is 1.19 bits per heavy atom. The highest BCUT2D eigenvalue weighted by Crippen LogP contribution is 2.28. The zero-order valence-electron chi connectivity index (χ0n) is 14.8. The standard InChI is InChI=1S/C20H23FN2O3/c1-13-16(10-11-26-13)20(25)23-18-12-15(7-8-17(18)21)22-19(24)9-6-14-4-2-3-5-14/h7-8,10-12,14H,2-6,9H2,1H3,(H,22,24)(H,23,25). The first-order valence-electron chi connectivity index (χ1n) is 8.98. The Morgan fingerprint density at radius 3 is 2.65 bits per heavy atom. The number of anilines is 2. The Morgan fingerprint density at radius 2 is 1.96 bits per heavy atom. The molecule has 1 aromatic heterocycles. The summed E-state index contributed by atoms with van der Waals surface area (Å²) in [6.45, 7) is 1.66. The van der Waals surface area contributed by atoms with E-state index in [-0.39, 0.29) is 11.6 Å². The Labute approximate surface area is 152 Å². The third-order valence-electron chi connectivity index (χ3n) is 4.86. The second kappa shape index (κ2) is 8.17. The van der Waals surface area contributed by atoms with Crippen molar-refractivity contribution in [2.45, 2.75) is 45.4 Å².